The monoisotopic (exact) mass is 276 g/mol. The van der Waals surface area contributed by atoms with Gasteiger partial charge in [0.1, 0.15) is 12.4 Å². The van der Waals surface area contributed by atoms with E-state index in [2.05, 4.69) is 0 Å². The van der Waals surface area contributed by atoms with Crippen molar-refractivity contribution in [2.24, 2.45) is 0 Å². The number of benzene rings is 2. The molecule has 0 radical (unpaired) electrons. The van der Waals surface area contributed by atoms with Crippen LogP contribution in [0.15, 0.2) is 42.5 Å². The van der Waals surface area contributed by atoms with Gasteiger partial charge in [-0.3, -0.25) is 0 Å². The number of carbonyl (C=O) groups is 1. The van der Waals surface area contributed by atoms with Crippen LogP contribution in [0.25, 0.3) is 0 Å². The molecule has 0 unspecified atom stereocenters. The van der Waals surface area contributed by atoms with Crippen LogP contribution in [0.4, 0.5) is 0 Å². The average Bonchev–Trinajstić information content (AvgIpc) is 2.40. The van der Waals surface area contributed by atoms with E-state index in [1.54, 1.807) is 24.3 Å². The van der Waals surface area contributed by atoms with Crippen LogP contribution in [-0.2, 0) is 6.61 Å². The fourth-order valence-corrected chi connectivity index (χ4v) is 1.85. The fourth-order valence-electron chi connectivity index (χ4n) is 1.68. The number of ether oxygens (including phenoxy) is 1. The summed E-state index contributed by atoms with van der Waals surface area (Å²) in [4.78, 5) is 10.9. The molecule has 0 saturated heterocycles. The van der Waals surface area contributed by atoms with Gasteiger partial charge in [-0.15, -0.1) is 0 Å². The lowest BCUT2D eigenvalue weighted by Crippen LogP contribution is -2.00. The highest BCUT2D eigenvalue weighted by Crippen LogP contribution is 2.26. The van der Waals surface area contributed by atoms with Crippen LogP contribution in [-0.4, -0.2) is 11.1 Å². The summed E-state index contributed by atoms with van der Waals surface area (Å²) in [5.41, 5.74) is 2.09. The summed E-state index contributed by atoms with van der Waals surface area (Å²) >= 11 is 6.03. The first-order valence-corrected chi connectivity index (χ1v) is 6.15. The molecule has 0 fully saturated rings. The van der Waals surface area contributed by atoms with Crippen LogP contribution < -0.4 is 4.74 Å². The SMILES string of the molecule is Cc1ccc(Cl)c(OCc2cccc(C(=O)O)c2)c1. The fraction of sp³-hybridized carbons (Fsp3) is 0.133. The van der Waals surface area contributed by atoms with E-state index < -0.39 is 5.97 Å². The number of carboxylic acid groups (broad SMARTS) is 1. The number of carboxylic acids is 1. The maximum atomic E-state index is 10.9. The molecule has 98 valence electrons. The molecule has 2 rings (SSSR count). The van der Waals surface area contributed by atoms with Gasteiger partial charge in [0.05, 0.1) is 10.6 Å². The summed E-state index contributed by atoms with van der Waals surface area (Å²) in [6, 6.07) is 12.2. The van der Waals surface area contributed by atoms with Crippen molar-refractivity contribution in [1.82, 2.24) is 0 Å². The molecule has 0 aliphatic carbocycles. The molecule has 0 aliphatic rings. The third-order valence-corrected chi connectivity index (χ3v) is 2.97. The van der Waals surface area contributed by atoms with Gasteiger partial charge in [0.2, 0.25) is 0 Å². The predicted molar refractivity (Wildman–Crippen MR) is 73.9 cm³/mol. The van der Waals surface area contributed by atoms with E-state index in [0.29, 0.717) is 10.8 Å². The second-order valence-corrected chi connectivity index (χ2v) is 4.64. The van der Waals surface area contributed by atoms with Gasteiger partial charge < -0.3 is 9.84 Å². The smallest absolute Gasteiger partial charge is 0.335 e. The molecule has 0 saturated carbocycles. The molecule has 3 nitrogen and oxygen atoms in total. The number of hydrogen-bond acceptors (Lipinski definition) is 2. The Labute approximate surface area is 116 Å². The van der Waals surface area contributed by atoms with E-state index in [1.165, 1.54) is 0 Å². The highest BCUT2D eigenvalue weighted by Gasteiger charge is 2.05. The van der Waals surface area contributed by atoms with Gasteiger partial charge in [0.15, 0.2) is 0 Å². The second kappa shape index (κ2) is 5.76. The van der Waals surface area contributed by atoms with Crippen molar-refractivity contribution in [3.8, 4) is 5.75 Å². The minimum atomic E-state index is -0.949. The molecule has 0 heterocycles. The number of rotatable bonds is 4. The number of halogens is 1. The zero-order valence-electron chi connectivity index (χ0n) is 10.4. The van der Waals surface area contributed by atoms with Crippen molar-refractivity contribution >= 4 is 17.6 Å². The highest BCUT2D eigenvalue weighted by atomic mass is 35.5. The first-order chi connectivity index (χ1) is 9.06. The summed E-state index contributed by atoms with van der Waals surface area (Å²) in [6.07, 6.45) is 0. The largest absolute Gasteiger partial charge is 0.487 e. The minimum Gasteiger partial charge on any atom is -0.487 e. The predicted octanol–water partition coefficient (Wildman–Crippen LogP) is 3.93. The molecule has 0 amide bonds. The quantitative estimate of drug-likeness (QED) is 0.920. The Morgan fingerprint density at radius 1 is 1.26 bits per heavy atom. The van der Waals surface area contributed by atoms with Gasteiger partial charge in [0.25, 0.3) is 0 Å². The van der Waals surface area contributed by atoms with E-state index in [4.69, 9.17) is 21.4 Å². The summed E-state index contributed by atoms with van der Waals surface area (Å²) in [6.45, 7) is 2.23. The summed E-state index contributed by atoms with van der Waals surface area (Å²) in [5.74, 6) is -0.349. The van der Waals surface area contributed by atoms with E-state index in [1.807, 2.05) is 25.1 Å². The van der Waals surface area contributed by atoms with Gasteiger partial charge in [-0.25, -0.2) is 4.79 Å². The Bertz CT molecular complexity index is 608. The third kappa shape index (κ3) is 3.48. The second-order valence-electron chi connectivity index (χ2n) is 4.23. The molecule has 4 heteroatoms. The topological polar surface area (TPSA) is 46.5 Å². The normalized spacial score (nSPS) is 10.2. The standard InChI is InChI=1S/C15H13ClO3/c1-10-5-6-13(16)14(7-10)19-9-11-3-2-4-12(8-11)15(17)18/h2-8H,9H2,1H3,(H,17,18). The van der Waals surface area contributed by atoms with Gasteiger partial charge in [-0.2, -0.15) is 0 Å². The van der Waals surface area contributed by atoms with Crippen LogP contribution >= 0.6 is 11.6 Å². The van der Waals surface area contributed by atoms with Crippen LogP contribution in [0.1, 0.15) is 21.5 Å². The molecule has 19 heavy (non-hydrogen) atoms. The molecule has 1 N–H and O–H groups in total. The molecule has 0 bridgehead atoms. The van der Waals surface area contributed by atoms with Crippen molar-refractivity contribution in [2.45, 2.75) is 13.5 Å². The van der Waals surface area contributed by atoms with Crippen LogP contribution in [0.3, 0.4) is 0 Å². The Hall–Kier alpha value is -2.00. The van der Waals surface area contributed by atoms with Gasteiger partial charge in [-0.1, -0.05) is 29.8 Å². The van der Waals surface area contributed by atoms with Crippen molar-refractivity contribution < 1.29 is 14.6 Å². The average molecular weight is 277 g/mol. The van der Waals surface area contributed by atoms with Crippen LogP contribution in [0.5, 0.6) is 5.75 Å². The zero-order valence-corrected chi connectivity index (χ0v) is 11.1. The summed E-state index contributed by atoms with van der Waals surface area (Å²) in [7, 11) is 0. The van der Waals surface area contributed by atoms with E-state index in [9.17, 15) is 4.79 Å². The summed E-state index contributed by atoms with van der Waals surface area (Å²) < 4.78 is 5.61. The molecule has 0 aliphatic heterocycles. The Kier molecular flexibility index (Phi) is 4.07. The number of aryl methyl sites for hydroxylation is 1. The molecule has 2 aromatic carbocycles. The van der Waals surface area contributed by atoms with Crippen molar-refractivity contribution in [3.63, 3.8) is 0 Å². The molecule has 0 spiro atoms. The first-order valence-electron chi connectivity index (χ1n) is 5.77. The third-order valence-electron chi connectivity index (χ3n) is 2.65. The maximum absolute atomic E-state index is 10.9. The van der Waals surface area contributed by atoms with Crippen LogP contribution in [0, 0.1) is 6.92 Å². The Morgan fingerprint density at radius 2 is 2.05 bits per heavy atom. The van der Waals surface area contributed by atoms with Crippen molar-refractivity contribution in [1.29, 1.82) is 0 Å². The Morgan fingerprint density at radius 3 is 2.79 bits per heavy atom. The van der Waals surface area contributed by atoms with E-state index in [-0.39, 0.29) is 12.2 Å². The molecule has 2 aromatic rings. The number of aromatic carboxylic acids is 1. The molecular weight excluding hydrogens is 264 g/mol. The van der Waals surface area contributed by atoms with Gasteiger partial charge in [-0.05, 0) is 42.3 Å². The lowest BCUT2D eigenvalue weighted by Gasteiger charge is -2.09. The van der Waals surface area contributed by atoms with Crippen molar-refractivity contribution in [3.05, 3.63) is 64.2 Å². The minimum absolute atomic E-state index is 0.247. The maximum Gasteiger partial charge on any atom is 0.335 e. The molecular formula is C15H13ClO3. The van der Waals surface area contributed by atoms with Crippen molar-refractivity contribution in [2.75, 3.05) is 0 Å². The lowest BCUT2D eigenvalue weighted by molar-refractivity contribution is 0.0696. The van der Waals surface area contributed by atoms with Gasteiger partial charge >= 0.3 is 5.97 Å². The highest BCUT2D eigenvalue weighted by molar-refractivity contribution is 6.32. The van der Waals surface area contributed by atoms with Gasteiger partial charge in [0, 0.05) is 0 Å². The summed E-state index contributed by atoms with van der Waals surface area (Å²) in [5, 5.41) is 9.45. The van der Waals surface area contributed by atoms with E-state index in [0.717, 1.165) is 11.1 Å². The molecule has 0 atom stereocenters. The number of hydrogen-bond donors (Lipinski definition) is 1. The first kappa shape index (κ1) is 13.4. The van der Waals surface area contributed by atoms with Crippen LogP contribution in [0.2, 0.25) is 5.02 Å². The lowest BCUT2D eigenvalue weighted by atomic mass is 10.1. The Balaban J connectivity index is 2.12. The van der Waals surface area contributed by atoms with E-state index >= 15 is 0 Å². The zero-order chi connectivity index (χ0) is 13.8. The molecule has 0 aromatic heterocycles.